The van der Waals surface area contributed by atoms with Crippen LogP contribution in [0.15, 0.2) is 36.7 Å². The number of amides is 1. The van der Waals surface area contributed by atoms with Crippen LogP contribution in [-0.2, 0) is 6.18 Å². The van der Waals surface area contributed by atoms with Gasteiger partial charge in [0.1, 0.15) is 0 Å². The number of piperazine rings is 1. The van der Waals surface area contributed by atoms with E-state index in [-0.39, 0.29) is 18.7 Å². The Hall–Kier alpha value is -3.08. The summed E-state index contributed by atoms with van der Waals surface area (Å²) >= 11 is 0. The number of aromatic nitrogens is 2. The van der Waals surface area contributed by atoms with Gasteiger partial charge in [0.25, 0.3) is 5.91 Å². The van der Waals surface area contributed by atoms with Gasteiger partial charge in [-0.1, -0.05) is 18.1 Å². The fraction of sp³-hybridized carbons (Fsp3) is 0.278. The van der Waals surface area contributed by atoms with Crippen LogP contribution in [0.1, 0.15) is 21.5 Å². The van der Waals surface area contributed by atoms with Gasteiger partial charge >= 0.3 is 6.18 Å². The summed E-state index contributed by atoms with van der Waals surface area (Å²) in [5.41, 5.74) is -0.685. The monoisotopic (exact) mass is 360 g/mol. The maximum atomic E-state index is 13.1. The van der Waals surface area contributed by atoms with E-state index in [1.165, 1.54) is 35.5 Å². The van der Waals surface area contributed by atoms with E-state index in [4.69, 9.17) is 6.42 Å². The van der Waals surface area contributed by atoms with Crippen LogP contribution >= 0.6 is 0 Å². The molecule has 3 rings (SSSR count). The first-order valence-corrected chi connectivity index (χ1v) is 7.89. The lowest BCUT2D eigenvalue weighted by molar-refractivity contribution is -0.138. The van der Waals surface area contributed by atoms with Crippen molar-refractivity contribution >= 4 is 11.9 Å². The lowest BCUT2D eigenvalue weighted by atomic mass is 10.1. The molecular weight excluding hydrogens is 345 g/mol. The van der Waals surface area contributed by atoms with Crippen LogP contribution in [0.2, 0.25) is 0 Å². The summed E-state index contributed by atoms with van der Waals surface area (Å²) in [6.07, 6.45) is 3.75. The second-order valence-corrected chi connectivity index (χ2v) is 5.74. The lowest BCUT2D eigenvalue weighted by Gasteiger charge is -2.35. The molecule has 1 aliphatic rings. The fourth-order valence-corrected chi connectivity index (χ4v) is 2.76. The van der Waals surface area contributed by atoms with Gasteiger partial charge in [-0.15, -0.1) is 6.42 Å². The van der Waals surface area contributed by atoms with Gasteiger partial charge < -0.3 is 9.80 Å². The first-order chi connectivity index (χ1) is 12.4. The van der Waals surface area contributed by atoms with E-state index in [1.807, 2.05) is 4.90 Å². The smallest absolute Gasteiger partial charge is 0.337 e. The van der Waals surface area contributed by atoms with Crippen molar-refractivity contribution in [3.8, 4) is 12.3 Å². The minimum absolute atomic E-state index is 0.283. The van der Waals surface area contributed by atoms with Crippen molar-refractivity contribution in [2.24, 2.45) is 0 Å². The van der Waals surface area contributed by atoms with E-state index in [9.17, 15) is 18.0 Å². The Kier molecular flexibility index (Phi) is 4.80. The van der Waals surface area contributed by atoms with Crippen LogP contribution in [-0.4, -0.2) is 47.0 Å². The Morgan fingerprint density at radius 3 is 2.27 bits per heavy atom. The minimum atomic E-state index is -4.57. The number of nitrogens with zero attached hydrogens (tertiary/aromatic N) is 4. The number of anilines is 1. The largest absolute Gasteiger partial charge is 0.417 e. The SMILES string of the molecule is C#Cc1cnc(N2CCN(C(=O)c3ccccc3C(F)(F)F)CC2)nc1. The molecule has 1 aliphatic heterocycles. The third-order valence-electron chi connectivity index (χ3n) is 4.12. The van der Waals surface area contributed by atoms with Crippen molar-refractivity contribution in [3.63, 3.8) is 0 Å². The quantitative estimate of drug-likeness (QED) is 0.772. The molecule has 2 aromatic rings. The predicted octanol–water partition coefficient (Wildman–Crippen LogP) is 2.44. The molecule has 134 valence electrons. The number of halogens is 3. The highest BCUT2D eigenvalue weighted by molar-refractivity contribution is 5.96. The first-order valence-electron chi connectivity index (χ1n) is 7.89. The average Bonchev–Trinajstić information content (AvgIpc) is 2.67. The van der Waals surface area contributed by atoms with E-state index in [0.29, 0.717) is 24.6 Å². The molecular formula is C18H15F3N4O. The molecule has 1 saturated heterocycles. The molecule has 0 spiro atoms. The second kappa shape index (κ2) is 7.04. The number of hydrogen-bond acceptors (Lipinski definition) is 4. The molecule has 0 atom stereocenters. The third kappa shape index (κ3) is 3.61. The van der Waals surface area contributed by atoms with Gasteiger partial charge in [0, 0.05) is 38.6 Å². The molecule has 0 bridgehead atoms. The number of hydrogen-bond donors (Lipinski definition) is 0. The van der Waals surface area contributed by atoms with Crippen LogP contribution in [0.4, 0.5) is 19.1 Å². The van der Waals surface area contributed by atoms with E-state index in [1.54, 1.807) is 0 Å². The number of rotatable bonds is 2. The molecule has 1 aromatic carbocycles. The van der Waals surface area contributed by atoms with Crippen molar-refractivity contribution in [2.75, 3.05) is 31.1 Å². The number of carbonyl (C=O) groups is 1. The molecule has 2 heterocycles. The summed E-state index contributed by atoms with van der Waals surface area (Å²) < 4.78 is 39.3. The van der Waals surface area contributed by atoms with Crippen molar-refractivity contribution in [2.45, 2.75) is 6.18 Å². The van der Waals surface area contributed by atoms with Gasteiger partial charge in [0.2, 0.25) is 5.95 Å². The number of alkyl halides is 3. The number of carbonyl (C=O) groups excluding carboxylic acids is 1. The van der Waals surface area contributed by atoms with Gasteiger partial charge in [-0.05, 0) is 12.1 Å². The molecule has 1 amide bonds. The van der Waals surface area contributed by atoms with Gasteiger partial charge in [0.05, 0.1) is 16.7 Å². The Balaban J connectivity index is 1.70. The van der Waals surface area contributed by atoms with Crippen LogP contribution in [0.3, 0.4) is 0 Å². The zero-order valence-corrected chi connectivity index (χ0v) is 13.7. The fourth-order valence-electron chi connectivity index (χ4n) is 2.76. The summed E-state index contributed by atoms with van der Waals surface area (Å²) in [7, 11) is 0. The van der Waals surface area contributed by atoms with Crippen LogP contribution in [0, 0.1) is 12.3 Å². The molecule has 8 heteroatoms. The van der Waals surface area contributed by atoms with Crippen LogP contribution in [0.25, 0.3) is 0 Å². The van der Waals surface area contributed by atoms with Gasteiger partial charge in [0.15, 0.2) is 0 Å². The summed E-state index contributed by atoms with van der Waals surface area (Å²) in [5.74, 6) is 2.28. The van der Waals surface area contributed by atoms with E-state index in [2.05, 4.69) is 15.9 Å². The van der Waals surface area contributed by atoms with Crippen LogP contribution in [0.5, 0.6) is 0 Å². The van der Waals surface area contributed by atoms with Crippen LogP contribution < -0.4 is 4.90 Å². The van der Waals surface area contributed by atoms with Crippen molar-refractivity contribution in [3.05, 3.63) is 53.3 Å². The minimum Gasteiger partial charge on any atom is -0.337 e. The van der Waals surface area contributed by atoms with E-state index < -0.39 is 17.6 Å². The molecule has 26 heavy (non-hydrogen) atoms. The Morgan fingerprint density at radius 2 is 1.69 bits per heavy atom. The van der Waals surface area contributed by atoms with Gasteiger partial charge in [-0.25, -0.2) is 9.97 Å². The Bertz CT molecular complexity index is 835. The maximum Gasteiger partial charge on any atom is 0.417 e. The summed E-state index contributed by atoms with van der Waals surface area (Å²) in [5, 5.41) is 0. The molecule has 0 radical (unpaired) electrons. The van der Waals surface area contributed by atoms with E-state index >= 15 is 0 Å². The third-order valence-corrected chi connectivity index (χ3v) is 4.12. The molecule has 0 N–H and O–H groups in total. The van der Waals surface area contributed by atoms with E-state index in [0.717, 1.165) is 6.07 Å². The molecule has 0 aliphatic carbocycles. The molecule has 0 unspecified atom stereocenters. The highest BCUT2D eigenvalue weighted by atomic mass is 19.4. The second-order valence-electron chi connectivity index (χ2n) is 5.74. The zero-order chi connectivity index (χ0) is 18.7. The van der Waals surface area contributed by atoms with Crippen molar-refractivity contribution < 1.29 is 18.0 Å². The zero-order valence-electron chi connectivity index (χ0n) is 13.7. The molecule has 1 fully saturated rings. The lowest BCUT2D eigenvalue weighted by Crippen LogP contribution is -2.49. The highest BCUT2D eigenvalue weighted by Crippen LogP contribution is 2.32. The topological polar surface area (TPSA) is 49.3 Å². The number of benzene rings is 1. The summed E-state index contributed by atoms with van der Waals surface area (Å²) in [6.45, 7) is 1.42. The predicted molar refractivity (Wildman–Crippen MR) is 89.5 cm³/mol. The Morgan fingerprint density at radius 1 is 1.08 bits per heavy atom. The summed E-state index contributed by atoms with van der Waals surface area (Å²) in [4.78, 5) is 24.2. The Labute approximate surface area is 148 Å². The standard InChI is InChI=1S/C18H15F3N4O/c1-2-13-11-22-17(23-12-13)25-9-7-24(8-10-25)16(26)14-5-3-4-6-15(14)18(19,20)21/h1,3-6,11-12H,7-10H2. The normalized spacial score (nSPS) is 14.8. The van der Waals surface area contributed by atoms with Crippen molar-refractivity contribution in [1.29, 1.82) is 0 Å². The number of terminal acetylenes is 1. The van der Waals surface area contributed by atoms with Gasteiger partial charge in [-0.3, -0.25) is 4.79 Å². The van der Waals surface area contributed by atoms with Gasteiger partial charge in [-0.2, -0.15) is 13.2 Å². The first kappa shape index (κ1) is 17.7. The average molecular weight is 360 g/mol. The maximum absolute atomic E-state index is 13.1. The van der Waals surface area contributed by atoms with Crippen molar-refractivity contribution in [1.82, 2.24) is 14.9 Å². The molecule has 5 nitrogen and oxygen atoms in total. The molecule has 1 aromatic heterocycles. The summed E-state index contributed by atoms with van der Waals surface area (Å²) in [6, 6.07) is 4.83. The highest BCUT2D eigenvalue weighted by Gasteiger charge is 2.36. The molecule has 0 saturated carbocycles.